The van der Waals surface area contributed by atoms with Crippen LogP contribution in [-0.4, -0.2) is 26.1 Å². The molecule has 2 rings (SSSR count). The Labute approximate surface area is 101 Å². The molecule has 1 unspecified atom stereocenters. The van der Waals surface area contributed by atoms with Gasteiger partial charge in [-0.1, -0.05) is 13.3 Å². The van der Waals surface area contributed by atoms with Gasteiger partial charge in [0.25, 0.3) is 0 Å². The van der Waals surface area contributed by atoms with Gasteiger partial charge in [0, 0.05) is 18.8 Å². The van der Waals surface area contributed by atoms with Crippen molar-refractivity contribution in [2.75, 3.05) is 6.54 Å². The summed E-state index contributed by atoms with van der Waals surface area (Å²) in [6.07, 6.45) is 9.74. The Bertz CT molecular complexity index is 465. The molecule has 92 valence electrons. The second-order valence-corrected chi connectivity index (χ2v) is 4.31. The van der Waals surface area contributed by atoms with Crippen molar-refractivity contribution in [3.63, 3.8) is 0 Å². The van der Waals surface area contributed by atoms with Gasteiger partial charge in [-0.3, -0.25) is 9.38 Å². The molecule has 0 fully saturated rings. The number of rotatable bonds is 6. The predicted octanol–water partition coefficient (Wildman–Crippen LogP) is 1.43. The number of fused-ring (bicyclic) bond motifs is 1. The highest BCUT2D eigenvalue weighted by Crippen LogP contribution is 2.15. The third kappa shape index (κ3) is 2.79. The normalized spacial score (nSPS) is 13.1. The first-order chi connectivity index (χ1) is 8.35. The van der Waals surface area contributed by atoms with E-state index in [0.29, 0.717) is 5.92 Å². The summed E-state index contributed by atoms with van der Waals surface area (Å²) in [5, 5.41) is 8.30. The van der Waals surface area contributed by atoms with E-state index in [9.17, 15) is 0 Å². The van der Waals surface area contributed by atoms with Crippen molar-refractivity contribution >= 4 is 5.65 Å². The highest BCUT2D eigenvalue weighted by molar-refractivity contribution is 5.33. The number of nitrogens with two attached hydrogens (primary N) is 1. The maximum Gasteiger partial charge on any atom is 0.179 e. The van der Waals surface area contributed by atoms with Crippen LogP contribution in [0.15, 0.2) is 18.6 Å². The van der Waals surface area contributed by atoms with Crippen molar-refractivity contribution in [2.45, 2.75) is 32.6 Å². The SMILES string of the molecule is CCC(CCN)CCc1nnc2cnccn12. The van der Waals surface area contributed by atoms with Gasteiger partial charge in [0.2, 0.25) is 0 Å². The van der Waals surface area contributed by atoms with Gasteiger partial charge in [-0.15, -0.1) is 10.2 Å². The minimum absolute atomic E-state index is 0.689. The van der Waals surface area contributed by atoms with Crippen LogP contribution in [0, 0.1) is 5.92 Å². The average Bonchev–Trinajstić information content (AvgIpc) is 2.78. The molecular weight excluding hydrogens is 214 g/mol. The van der Waals surface area contributed by atoms with Crippen LogP contribution >= 0.6 is 0 Å². The van der Waals surface area contributed by atoms with Gasteiger partial charge in [-0.05, 0) is 25.3 Å². The summed E-state index contributed by atoms with van der Waals surface area (Å²) in [4.78, 5) is 4.03. The lowest BCUT2D eigenvalue weighted by Gasteiger charge is -2.12. The van der Waals surface area contributed by atoms with Crippen LogP contribution in [0.5, 0.6) is 0 Å². The van der Waals surface area contributed by atoms with Crippen LogP contribution in [0.4, 0.5) is 0 Å². The molecule has 0 aromatic carbocycles. The van der Waals surface area contributed by atoms with E-state index in [2.05, 4.69) is 22.1 Å². The number of nitrogens with zero attached hydrogens (tertiary/aromatic N) is 4. The number of hydrogen-bond acceptors (Lipinski definition) is 4. The van der Waals surface area contributed by atoms with E-state index in [-0.39, 0.29) is 0 Å². The third-order valence-corrected chi connectivity index (χ3v) is 3.21. The molecule has 0 saturated heterocycles. The summed E-state index contributed by atoms with van der Waals surface area (Å²) in [7, 11) is 0. The highest BCUT2D eigenvalue weighted by atomic mass is 15.2. The Morgan fingerprint density at radius 3 is 3.00 bits per heavy atom. The topological polar surface area (TPSA) is 69.1 Å². The van der Waals surface area contributed by atoms with E-state index in [1.54, 1.807) is 12.4 Å². The van der Waals surface area contributed by atoms with Crippen LogP contribution in [0.25, 0.3) is 5.65 Å². The molecular formula is C12H19N5. The minimum atomic E-state index is 0.689. The minimum Gasteiger partial charge on any atom is -0.330 e. The molecule has 0 radical (unpaired) electrons. The third-order valence-electron chi connectivity index (χ3n) is 3.21. The molecule has 0 amide bonds. The molecule has 17 heavy (non-hydrogen) atoms. The Hall–Kier alpha value is -1.49. The predicted molar refractivity (Wildman–Crippen MR) is 66.6 cm³/mol. The van der Waals surface area contributed by atoms with E-state index in [1.165, 1.54) is 6.42 Å². The van der Waals surface area contributed by atoms with Crippen LogP contribution in [0.2, 0.25) is 0 Å². The Morgan fingerprint density at radius 2 is 2.24 bits per heavy atom. The fourth-order valence-corrected chi connectivity index (χ4v) is 2.09. The molecule has 2 aromatic heterocycles. The molecule has 5 nitrogen and oxygen atoms in total. The maximum atomic E-state index is 5.60. The molecule has 2 aromatic rings. The summed E-state index contributed by atoms with van der Waals surface area (Å²) >= 11 is 0. The Kier molecular flexibility index (Phi) is 4.03. The first-order valence-electron chi connectivity index (χ1n) is 6.18. The molecule has 0 aliphatic rings. The van der Waals surface area contributed by atoms with Crippen LogP contribution in [0.3, 0.4) is 0 Å². The number of aromatic nitrogens is 4. The molecule has 0 spiro atoms. The van der Waals surface area contributed by atoms with Crippen LogP contribution in [-0.2, 0) is 6.42 Å². The summed E-state index contributed by atoms with van der Waals surface area (Å²) in [6, 6.07) is 0. The molecule has 0 saturated carbocycles. The van der Waals surface area contributed by atoms with Crippen molar-refractivity contribution in [3.8, 4) is 0 Å². The first-order valence-corrected chi connectivity index (χ1v) is 6.18. The molecule has 0 aliphatic carbocycles. The van der Waals surface area contributed by atoms with Gasteiger partial charge in [0.05, 0.1) is 6.20 Å². The lowest BCUT2D eigenvalue weighted by Crippen LogP contribution is -2.09. The molecule has 2 N–H and O–H groups in total. The fourth-order valence-electron chi connectivity index (χ4n) is 2.09. The van der Waals surface area contributed by atoms with Crippen molar-refractivity contribution in [2.24, 2.45) is 11.7 Å². The van der Waals surface area contributed by atoms with Gasteiger partial charge in [0.1, 0.15) is 5.82 Å². The highest BCUT2D eigenvalue weighted by Gasteiger charge is 2.09. The second kappa shape index (κ2) is 5.72. The zero-order valence-electron chi connectivity index (χ0n) is 10.2. The lowest BCUT2D eigenvalue weighted by molar-refractivity contribution is 0.438. The lowest BCUT2D eigenvalue weighted by atomic mass is 9.96. The van der Waals surface area contributed by atoms with E-state index < -0.39 is 0 Å². The average molecular weight is 233 g/mol. The Morgan fingerprint density at radius 1 is 1.35 bits per heavy atom. The summed E-state index contributed by atoms with van der Waals surface area (Å²) < 4.78 is 2.00. The van der Waals surface area contributed by atoms with Crippen LogP contribution < -0.4 is 5.73 Å². The van der Waals surface area contributed by atoms with Crippen molar-refractivity contribution in [3.05, 3.63) is 24.4 Å². The fraction of sp³-hybridized carbons (Fsp3) is 0.583. The van der Waals surface area contributed by atoms with E-state index >= 15 is 0 Å². The summed E-state index contributed by atoms with van der Waals surface area (Å²) in [5.41, 5.74) is 6.42. The first kappa shape index (κ1) is 12.0. The molecule has 2 heterocycles. The molecule has 1 atom stereocenters. The van der Waals surface area contributed by atoms with Crippen molar-refractivity contribution < 1.29 is 0 Å². The largest absolute Gasteiger partial charge is 0.330 e. The van der Waals surface area contributed by atoms with Crippen molar-refractivity contribution in [1.29, 1.82) is 0 Å². The molecule has 0 bridgehead atoms. The van der Waals surface area contributed by atoms with E-state index in [4.69, 9.17) is 5.73 Å². The van der Waals surface area contributed by atoms with Gasteiger partial charge >= 0.3 is 0 Å². The summed E-state index contributed by atoms with van der Waals surface area (Å²) in [6.45, 7) is 2.98. The van der Waals surface area contributed by atoms with Gasteiger partial charge in [-0.25, -0.2) is 0 Å². The van der Waals surface area contributed by atoms with Gasteiger partial charge in [-0.2, -0.15) is 0 Å². The van der Waals surface area contributed by atoms with Crippen molar-refractivity contribution in [1.82, 2.24) is 19.6 Å². The van der Waals surface area contributed by atoms with E-state index in [1.807, 2.05) is 10.6 Å². The van der Waals surface area contributed by atoms with E-state index in [0.717, 1.165) is 37.3 Å². The molecule has 5 heteroatoms. The maximum absolute atomic E-state index is 5.60. The van der Waals surface area contributed by atoms with Crippen LogP contribution in [0.1, 0.15) is 32.0 Å². The number of hydrogen-bond donors (Lipinski definition) is 1. The molecule has 0 aliphatic heterocycles. The zero-order chi connectivity index (χ0) is 12.1. The quantitative estimate of drug-likeness (QED) is 0.819. The monoisotopic (exact) mass is 233 g/mol. The van der Waals surface area contributed by atoms with Gasteiger partial charge < -0.3 is 5.73 Å². The standard InChI is InChI=1S/C12H19N5/c1-2-10(5-6-13)3-4-11-15-16-12-9-14-7-8-17(11)12/h7-10H,2-6,13H2,1H3. The second-order valence-electron chi connectivity index (χ2n) is 4.31. The zero-order valence-corrected chi connectivity index (χ0v) is 10.2. The number of aryl methyl sites for hydroxylation is 1. The summed E-state index contributed by atoms with van der Waals surface area (Å²) in [5.74, 6) is 1.70. The Balaban J connectivity index is 2.03. The van der Waals surface area contributed by atoms with Gasteiger partial charge in [0.15, 0.2) is 5.65 Å². The smallest absolute Gasteiger partial charge is 0.179 e.